The summed E-state index contributed by atoms with van der Waals surface area (Å²) in [6.45, 7) is 1.76. The van der Waals surface area contributed by atoms with Crippen LogP contribution < -0.4 is 5.32 Å². The van der Waals surface area contributed by atoms with Crippen LogP contribution in [0.2, 0.25) is 0 Å². The summed E-state index contributed by atoms with van der Waals surface area (Å²) >= 11 is 1.28. The van der Waals surface area contributed by atoms with E-state index in [0.29, 0.717) is 16.7 Å². The molecule has 1 amide bonds. The molecule has 1 aromatic carbocycles. The van der Waals surface area contributed by atoms with Crippen LogP contribution >= 0.6 is 11.8 Å². The molecule has 0 radical (unpaired) electrons. The molecule has 0 bridgehead atoms. The molecule has 7 nitrogen and oxygen atoms in total. The van der Waals surface area contributed by atoms with Crippen LogP contribution in [0, 0.1) is 6.92 Å². The second-order valence-corrected chi connectivity index (χ2v) is 5.61. The van der Waals surface area contributed by atoms with Crippen molar-refractivity contribution < 1.29 is 9.32 Å². The second kappa shape index (κ2) is 6.44. The van der Waals surface area contributed by atoms with Gasteiger partial charge in [0.25, 0.3) is 0 Å². The van der Waals surface area contributed by atoms with Gasteiger partial charge in [-0.2, -0.15) is 5.10 Å². The van der Waals surface area contributed by atoms with E-state index in [1.165, 1.54) is 18.1 Å². The predicted molar refractivity (Wildman–Crippen MR) is 81.3 cm³/mol. The molecule has 112 valence electrons. The lowest BCUT2D eigenvalue weighted by Crippen LogP contribution is -2.19. The molecule has 3 rings (SSSR count). The van der Waals surface area contributed by atoms with Gasteiger partial charge >= 0.3 is 0 Å². The van der Waals surface area contributed by atoms with Crippen LogP contribution in [0.25, 0.3) is 0 Å². The van der Waals surface area contributed by atoms with Crippen LogP contribution in [0.15, 0.2) is 52.4 Å². The molecule has 0 fully saturated rings. The summed E-state index contributed by atoms with van der Waals surface area (Å²) in [6.07, 6.45) is 1.41. The Kier molecular flexibility index (Phi) is 4.19. The van der Waals surface area contributed by atoms with Crippen molar-refractivity contribution in [3.63, 3.8) is 0 Å². The Balaban J connectivity index is 1.82. The first-order valence-corrected chi connectivity index (χ1v) is 7.41. The Morgan fingerprint density at radius 2 is 2.18 bits per heavy atom. The van der Waals surface area contributed by atoms with Crippen molar-refractivity contribution in [2.45, 2.75) is 17.3 Å². The standard InChI is InChI=1S/C14H13N5O2S/c1-9-7-11(19-21-9)17-13(20)12(10-5-3-2-4-6-10)22-14-15-8-16-18-14/h2-8,12H,1H3,(H,15,16,18)(H,17,19,20)/t12-/m1/s1. The molecule has 3 aromatic rings. The Bertz CT molecular complexity index is 742. The molecule has 22 heavy (non-hydrogen) atoms. The smallest absolute Gasteiger partial charge is 0.243 e. The van der Waals surface area contributed by atoms with Crippen molar-refractivity contribution in [1.82, 2.24) is 20.3 Å². The molecular weight excluding hydrogens is 302 g/mol. The van der Waals surface area contributed by atoms with E-state index in [1.807, 2.05) is 30.3 Å². The van der Waals surface area contributed by atoms with E-state index in [4.69, 9.17) is 4.52 Å². The van der Waals surface area contributed by atoms with Gasteiger partial charge in [-0.3, -0.25) is 9.89 Å². The van der Waals surface area contributed by atoms with Crippen LogP contribution in [-0.2, 0) is 4.79 Å². The fourth-order valence-electron chi connectivity index (χ4n) is 1.88. The fourth-order valence-corrected chi connectivity index (χ4v) is 2.78. The molecule has 2 heterocycles. The first-order valence-electron chi connectivity index (χ1n) is 6.53. The van der Waals surface area contributed by atoms with Crippen LogP contribution in [0.4, 0.5) is 5.82 Å². The first-order chi connectivity index (χ1) is 10.7. The van der Waals surface area contributed by atoms with Gasteiger partial charge in [0.15, 0.2) is 11.0 Å². The van der Waals surface area contributed by atoms with Gasteiger partial charge in [0.05, 0.1) is 0 Å². The summed E-state index contributed by atoms with van der Waals surface area (Å²) in [5, 5.41) is 13.2. The number of thioether (sulfide) groups is 1. The van der Waals surface area contributed by atoms with Gasteiger partial charge in [-0.15, -0.1) is 0 Å². The molecule has 1 atom stereocenters. The average Bonchev–Trinajstić information content (AvgIpc) is 3.17. The SMILES string of the molecule is Cc1cc(NC(=O)[C@H](Sc2ncn[nH]2)c2ccccc2)no1. The number of anilines is 1. The third kappa shape index (κ3) is 3.34. The Morgan fingerprint density at radius 1 is 1.36 bits per heavy atom. The topological polar surface area (TPSA) is 96.7 Å². The monoisotopic (exact) mass is 315 g/mol. The van der Waals surface area contributed by atoms with Gasteiger partial charge in [-0.1, -0.05) is 47.3 Å². The number of amides is 1. The maximum atomic E-state index is 12.6. The van der Waals surface area contributed by atoms with Crippen LogP contribution in [0.3, 0.4) is 0 Å². The molecule has 0 aliphatic carbocycles. The third-order valence-electron chi connectivity index (χ3n) is 2.84. The highest BCUT2D eigenvalue weighted by Crippen LogP contribution is 2.33. The third-order valence-corrected chi connectivity index (χ3v) is 3.98. The van der Waals surface area contributed by atoms with Gasteiger partial charge in [0.1, 0.15) is 17.3 Å². The van der Waals surface area contributed by atoms with E-state index in [2.05, 4.69) is 25.7 Å². The number of hydrogen-bond acceptors (Lipinski definition) is 6. The van der Waals surface area contributed by atoms with Crippen LogP contribution in [0.5, 0.6) is 0 Å². The highest BCUT2D eigenvalue weighted by atomic mass is 32.2. The summed E-state index contributed by atoms with van der Waals surface area (Å²) in [6, 6.07) is 11.1. The zero-order valence-corrected chi connectivity index (χ0v) is 12.5. The largest absolute Gasteiger partial charge is 0.360 e. The van der Waals surface area contributed by atoms with Gasteiger partial charge in [0.2, 0.25) is 5.91 Å². The van der Waals surface area contributed by atoms with Crippen molar-refractivity contribution in [2.24, 2.45) is 0 Å². The van der Waals surface area contributed by atoms with Gasteiger partial charge < -0.3 is 9.84 Å². The zero-order valence-electron chi connectivity index (χ0n) is 11.7. The number of aryl methyl sites for hydroxylation is 1. The van der Waals surface area contributed by atoms with Crippen molar-refractivity contribution in [3.05, 3.63) is 54.0 Å². The molecule has 8 heteroatoms. The van der Waals surface area contributed by atoms with Crippen molar-refractivity contribution in [2.75, 3.05) is 5.32 Å². The summed E-state index contributed by atoms with van der Waals surface area (Å²) in [5.41, 5.74) is 0.863. The summed E-state index contributed by atoms with van der Waals surface area (Å²) in [4.78, 5) is 16.6. The minimum absolute atomic E-state index is 0.207. The number of nitrogens with zero attached hydrogens (tertiary/aromatic N) is 3. The molecule has 2 N–H and O–H groups in total. The molecule has 0 spiro atoms. The number of carbonyl (C=O) groups is 1. The summed E-state index contributed by atoms with van der Waals surface area (Å²) in [7, 11) is 0. The molecule has 0 aliphatic heterocycles. The highest BCUT2D eigenvalue weighted by Gasteiger charge is 2.24. The quantitative estimate of drug-likeness (QED) is 0.702. The zero-order chi connectivity index (χ0) is 15.4. The Hall–Kier alpha value is -2.61. The van der Waals surface area contributed by atoms with Crippen molar-refractivity contribution in [1.29, 1.82) is 0 Å². The Morgan fingerprint density at radius 3 is 2.82 bits per heavy atom. The lowest BCUT2D eigenvalue weighted by Gasteiger charge is -2.14. The van der Waals surface area contributed by atoms with Crippen LogP contribution in [0.1, 0.15) is 16.6 Å². The first kappa shape index (κ1) is 14.3. The average molecular weight is 315 g/mol. The normalized spacial score (nSPS) is 12.0. The maximum Gasteiger partial charge on any atom is 0.243 e. The molecule has 0 unspecified atom stereocenters. The number of rotatable bonds is 5. The van der Waals surface area contributed by atoms with E-state index in [0.717, 1.165) is 5.56 Å². The van der Waals surface area contributed by atoms with E-state index >= 15 is 0 Å². The van der Waals surface area contributed by atoms with Gasteiger partial charge in [-0.05, 0) is 12.5 Å². The summed E-state index contributed by atoms with van der Waals surface area (Å²) < 4.78 is 4.96. The van der Waals surface area contributed by atoms with Gasteiger partial charge in [-0.25, -0.2) is 4.98 Å². The minimum Gasteiger partial charge on any atom is -0.360 e. The Labute approximate surface area is 130 Å². The number of benzene rings is 1. The lowest BCUT2D eigenvalue weighted by molar-refractivity contribution is -0.115. The maximum absolute atomic E-state index is 12.6. The lowest BCUT2D eigenvalue weighted by atomic mass is 10.1. The fraction of sp³-hybridized carbons (Fsp3) is 0.143. The van der Waals surface area contributed by atoms with Crippen molar-refractivity contribution in [3.8, 4) is 0 Å². The molecular formula is C14H13N5O2S. The van der Waals surface area contributed by atoms with Crippen LogP contribution in [-0.4, -0.2) is 26.2 Å². The minimum atomic E-state index is -0.480. The van der Waals surface area contributed by atoms with Crippen molar-refractivity contribution >= 4 is 23.5 Å². The number of aromatic nitrogens is 4. The predicted octanol–water partition coefficient (Wildman–Crippen LogP) is 2.57. The molecule has 0 saturated heterocycles. The molecule has 2 aromatic heterocycles. The van der Waals surface area contributed by atoms with Gasteiger partial charge in [0, 0.05) is 6.07 Å². The van der Waals surface area contributed by atoms with E-state index in [-0.39, 0.29) is 5.91 Å². The molecule has 0 aliphatic rings. The van der Waals surface area contributed by atoms with E-state index in [1.54, 1.807) is 13.0 Å². The summed E-state index contributed by atoms with van der Waals surface area (Å²) in [5.74, 6) is 0.817. The number of H-pyrrole nitrogens is 1. The number of nitrogens with one attached hydrogen (secondary N) is 2. The number of hydrogen-bond donors (Lipinski definition) is 2. The molecule has 0 saturated carbocycles. The highest BCUT2D eigenvalue weighted by molar-refractivity contribution is 8.00. The van der Waals surface area contributed by atoms with E-state index < -0.39 is 5.25 Å². The van der Waals surface area contributed by atoms with E-state index in [9.17, 15) is 4.79 Å². The number of carbonyl (C=O) groups excluding carboxylic acids is 1. The number of aromatic amines is 1. The second-order valence-electron chi connectivity index (χ2n) is 4.51.